The minimum Gasteiger partial charge on any atom is -0.378 e. The van der Waals surface area contributed by atoms with Crippen LogP contribution in [0.5, 0.6) is 0 Å². The lowest BCUT2D eigenvalue weighted by Crippen LogP contribution is -2.41. The lowest BCUT2D eigenvalue weighted by Gasteiger charge is -2.22. The second kappa shape index (κ2) is 6.35. The van der Waals surface area contributed by atoms with Gasteiger partial charge in [0.05, 0.1) is 13.2 Å². The van der Waals surface area contributed by atoms with Crippen molar-refractivity contribution in [1.29, 1.82) is 0 Å². The predicted octanol–water partition coefficient (Wildman–Crippen LogP) is 1.13. The smallest absolute Gasteiger partial charge is 0.0643 e. The summed E-state index contributed by atoms with van der Waals surface area (Å²) in [4.78, 5) is 0. The van der Waals surface area contributed by atoms with Crippen molar-refractivity contribution in [2.24, 2.45) is 5.73 Å². The molecule has 0 heterocycles. The van der Waals surface area contributed by atoms with Gasteiger partial charge in [0.15, 0.2) is 0 Å². The minimum absolute atomic E-state index is 0.169. The third-order valence-corrected chi connectivity index (χ3v) is 2.04. The molecule has 0 amide bonds. The molecule has 0 bridgehead atoms. The van der Waals surface area contributed by atoms with Crippen LogP contribution in [0.1, 0.15) is 34.1 Å². The number of hydrogen-bond acceptors (Lipinski definition) is 3. The molecule has 0 aliphatic rings. The van der Waals surface area contributed by atoms with Crippen LogP contribution in [0.4, 0.5) is 0 Å². The molecular weight excluding hydrogens is 164 g/mol. The van der Waals surface area contributed by atoms with Gasteiger partial charge in [-0.2, -0.15) is 0 Å². The van der Waals surface area contributed by atoms with Gasteiger partial charge in [0, 0.05) is 18.1 Å². The van der Waals surface area contributed by atoms with E-state index in [0.717, 1.165) is 19.6 Å². The average molecular weight is 188 g/mol. The molecular formula is C10H24N2O. The van der Waals surface area contributed by atoms with Crippen LogP contribution < -0.4 is 11.1 Å². The summed E-state index contributed by atoms with van der Waals surface area (Å²) in [5, 5.41) is 3.28. The predicted molar refractivity (Wildman–Crippen MR) is 56.8 cm³/mol. The maximum Gasteiger partial charge on any atom is 0.0643 e. The zero-order valence-electron chi connectivity index (χ0n) is 9.39. The standard InChI is InChI=1S/C10H24N2O/c1-5-10(4,11)8-13-7-6-12-9(2)3/h9,12H,5-8,11H2,1-4H3. The average Bonchev–Trinajstić information content (AvgIpc) is 2.03. The molecule has 0 radical (unpaired) electrons. The molecule has 3 nitrogen and oxygen atoms in total. The molecule has 80 valence electrons. The van der Waals surface area contributed by atoms with E-state index in [1.54, 1.807) is 0 Å². The summed E-state index contributed by atoms with van der Waals surface area (Å²) in [6.07, 6.45) is 0.949. The van der Waals surface area contributed by atoms with Crippen molar-refractivity contribution >= 4 is 0 Å². The summed E-state index contributed by atoms with van der Waals surface area (Å²) in [6, 6.07) is 0.527. The van der Waals surface area contributed by atoms with E-state index in [4.69, 9.17) is 10.5 Å². The fourth-order valence-corrected chi connectivity index (χ4v) is 0.827. The summed E-state index contributed by atoms with van der Waals surface area (Å²) < 4.78 is 5.45. The van der Waals surface area contributed by atoms with Crippen LogP contribution in [-0.2, 0) is 4.74 Å². The van der Waals surface area contributed by atoms with E-state index < -0.39 is 0 Å². The molecule has 3 heteroatoms. The van der Waals surface area contributed by atoms with Crippen LogP contribution in [0.3, 0.4) is 0 Å². The Kier molecular flexibility index (Phi) is 6.29. The third kappa shape index (κ3) is 8.22. The largest absolute Gasteiger partial charge is 0.378 e. The molecule has 0 saturated heterocycles. The Morgan fingerprint density at radius 1 is 1.46 bits per heavy atom. The van der Waals surface area contributed by atoms with Crippen molar-refractivity contribution in [1.82, 2.24) is 5.32 Å². The highest BCUT2D eigenvalue weighted by molar-refractivity contribution is 4.75. The van der Waals surface area contributed by atoms with Crippen molar-refractivity contribution < 1.29 is 4.74 Å². The maximum absolute atomic E-state index is 5.91. The van der Waals surface area contributed by atoms with Gasteiger partial charge in [-0.15, -0.1) is 0 Å². The van der Waals surface area contributed by atoms with Gasteiger partial charge >= 0.3 is 0 Å². The first-order valence-corrected chi connectivity index (χ1v) is 5.08. The van der Waals surface area contributed by atoms with E-state index in [2.05, 4.69) is 26.1 Å². The Morgan fingerprint density at radius 2 is 2.08 bits per heavy atom. The van der Waals surface area contributed by atoms with Crippen LogP contribution in [0, 0.1) is 0 Å². The summed E-state index contributed by atoms with van der Waals surface area (Å²) in [6.45, 7) is 10.6. The molecule has 0 aromatic carbocycles. The highest BCUT2D eigenvalue weighted by atomic mass is 16.5. The van der Waals surface area contributed by atoms with Gasteiger partial charge in [0.25, 0.3) is 0 Å². The number of hydrogen-bond donors (Lipinski definition) is 2. The molecule has 0 aliphatic carbocycles. The van der Waals surface area contributed by atoms with Crippen molar-refractivity contribution in [2.75, 3.05) is 19.8 Å². The molecule has 3 N–H and O–H groups in total. The molecule has 1 atom stereocenters. The molecule has 0 rings (SSSR count). The van der Waals surface area contributed by atoms with E-state index in [-0.39, 0.29) is 5.54 Å². The fourth-order valence-electron chi connectivity index (χ4n) is 0.827. The Labute approximate surface area is 82.0 Å². The van der Waals surface area contributed by atoms with Gasteiger partial charge in [-0.05, 0) is 13.3 Å². The van der Waals surface area contributed by atoms with Crippen LogP contribution in [0.15, 0.2) is 0 Å². The zero-order valence-corrected chi connectivity index (χ0v) is 9.39. The van der Waals surface area contributed by atoms with Crippen molar-refractivity contribution in [3.05, 3.63) is 0 Å². The molecule has 0 spiro atoms. The number of nitrogens with two attached hydrogens (primary N) is 1. The second-order valence-electron chi connectivity index (χ2n) is 4.17. The quantitative estimate of drug-likeness (QED) is 0.589. The first-order valence-electron chi connectivity index (χ1n) is 5.08. The van der Waals surface area contributed by atoms with Crippen LogP contribution in [0.2, 0.25) is 0 Å². The van der Waals surface area contributed by atoms with E-state index >= 15 is 0 Å². The minimum atomic E-state index is -0.169. The maximum atomic E-state index is 5.91. The Hall–Kier alpha value is -0.120. The topological polar surface area (TPSA) is 47.3 Å². The molecule has 0 saturated carbocycles. The molecule has 0 aromatic heterocycles. The monoisotopic (exact) mass is 188 g/mol. The Morgan fingerprint density at radius 3 is 2.54 bits per heavy atom. The van der Waals surface area contributed by atoms with Gasteiger partial charge in [-0.25, -0.2) is 0 Å². The SMILES string of the molecule is CCC(C)(N)COCCNC(C)C. The summed E-state index contributed by atoms with van der Waals surface area (Å²) in [5.41, 5.74) is 5.74. The number of ether oxygens (including phenoxy) is 1. The van der Waals surface area contributed by atoms with E-state index in [9.17, 15) is 0 Å². The van der Waals surface area contributed by atoms with Gasteiger partial charge in [0.2, 0.25) is 0 Å². The first kappa shape index (κ1) is 12.9. The normalized spacial score (nSPS) is 16.2. The van der Waals surface area contributed by atoms with E-state index in [0.29, 0.717) is 12.6 Å². The Balaban J connectivity index is 3.26. The molecule has 0 aromatic rings. The van der Waals surface area contributed by atoms with Gasteiger partial charge in [-0.1, -0.05) is 20.8 Å². The number of nitrogens with one attached hydrogen (secondary N) is 1. The summed E-state index contributed by atoms with van der Waals surface area (Å²) in [7, 11) is 0. The number of rotatable bonds is 7. The molecule has 13 heavy (non-hydrogen) atoms. The first-order chi connectivity index (χ1) is 5.98. The summed E-state index contributed by atoms with van der Waals surface area (Å²) >= 11 is 0. The van der Waals surface area contributed by atoms with Crippen molar-refractivity contribution in [3.8, 4) is 0 Å². The molecule has 0 aliphatic heterocycles. The van der Waals surface area contributed by atoms with Crippen molar-refractivity contribution in [2.45, 2.75) is 45.7 Å². The van der Waals surface area contributed by atoms with Crippen LogP contribution >= 0.6 is 0 Å². The van der Waals surface area contributed by atoms with E-state index in [1.807, 2.05) is 6.92 Å². The van der Waals surface area contributed by atoms with Crippen LogP contribution in [0.25, 0.3) is 0 Å². The second-order valence-corrected chi connectivity index (χ2v) is 4.17. The van der Waals surface area contributed by atoms with Crippen LogP contribution in [-0.4, -0.2) is 31.3 Å². The highest BCUT2D eigenvalue weighted by Crippen LogP contribution is 2.04. The van der Waals surface area contributed by atoms with E-state index in [1.165, 1.54) is 0 Å². The van der Waals surface area contributed by atoms with Crippen molar-refractivity contribution in [3.63, 3.8) is 0 Å². The van der Waals surface area contributed by atoms with Gasteiger partial charge in [-0.3, -0.25) is 0 Å². The highest BCUT2D eigenvalue weighted by Gasteiger charge is 2.14. The zero-order chi connectivity index (χ0) is 10.3. The summed E-state index contributed by atoms with van der Waals surface area (Å²) in [5.74, 6) is 0. The molecule has 1 unspecified atom stereocenters. The lowest BCUT2D eigenvalue weighted by molar-refractivity contribution is 0.0904. The van der Waals surface area contributed by atoms with Gasteiger partial charge < -0.3 is 15.8 Å². The fraction of sp³-hybridized carbons (Fsp3) is 1.00. The third-order valence-electron chi connectivity index (χ3n) is 2.04. The molecule has 0 fully saturated rings. The Bertz CT molecular complexity index is 124. The van der Waals surface area contributed by atoms with Gasteiger partial charge in [0.1, 0.15) is 0 Å². The lowest BCUT2D eigenvalue weighted by atomic mass is 10.0.